The molecule has 0 bridgehead atoms. The first kappa shape index (κ1) is 44.8. The molecule has 290 valence electrons. The van der Waals surface area contributed by atoms with E-state index >= 15 is 0 Å². The summed E-state index contributed by atoms with van der Waals surface area (Å²) < 4.78 is 62.4. The van der Waals surface area contributed by atoms with Crippen LogP contribution < -0.4 is 51.4 Å². The van der Waals surface area contributed by atoms with E-state index in [1.807, 2.05) is 36.4 Å². The van der Waals surface area contributed by atoms with Crippen molar-refractivity contribution in [1.82, 2.24) is 9.97 Å². The zero-order valence-electron chi connectivity index (χ0n) is 31.0. The van der Waals surface area contributed by atoms with Crippen LogP contribution in [-0.4, -0.2) is 92.0 Å². The molecule has 6 atom stereocenters. The summed E-state index contributed by atoms with van der Waals surface area (Å²) in [5.74, 6) is -0.200. The van der Waals surface area contributed by atoms with E-state index in [4.69, 9.17) is 28.4 Å². The summed E-state index contributed by atoms with van der Waals surface area (Å²) in [6.07, 6.45) is 5.62. The number of hydrogen-bond donors (Lipinski definition) is 0. The fourth-order valence-electron chi connectivity index (χ4n) is 6.54. The van der Waals surface area contributed by atoms with Gasteiger partial charge in [-0.25, -0.2) is 18.4 Å². The molecule has 2 aromatic carbocycles. The minimum absolute atomic E-state index is 0. The van der Waals surface area contributed by atoms with Crippen LogP contribution in [0.2, 0.25) is 0 Å². The van der Waals surface area contributed by atoms with Crippen molar-refractivity contribution >= 4 is 101 Å². The van der Waals surface area contributed by atoms with Gasteiger partial charge in [-0.3, -0.25) is 9.59 Å². The minimum atomic E-state index is -3.66. The van der Waals surface area contributed by atoms with Gasteiger partial charge in [-0.2, -0.15) is 0 Å². The van der Waals surface area contributed by atoms with Crippen molar-refractivity contribution < 1.29 is 99.2 Å². The van der Waals surface area contributed by atoms with E-state index in [1.165, 1.54) is 4.70 Å². The molecular weight excluding hydrogens is 915 g/mol. The molecule has 4 aliphatic heterocycles. The number of esters is 2. The van der Waals surface area contributed by atoms with Crippen LogP contribution in [0.25, 0.3) is 20.4 Å². The van der Waals surface area contributed by atoms with E-state index in [1.54, 1.807) is 29.2 Å². The molecule has 0 radical (unpaired) electrons. The van der Waals surface area contributed by atoms with E-state index < -0.39 is 21.9 Å². The number of fused-ring (bicyclic) bond motifs is 2. The third-order valence-corrected chi connectivity index (χ3v) is 14.6. The van der Waals surface area contributed by atoms with Crippen molar-refractivity contribution in [3.63, 3.8) is 0 Å². The number of rotatable bonds is 10. The standard InChI is InChI=1S/C18H21NO6S2.C18H21NO4S2.HI.K.H/c20-16-10-12(25-17-7-3-4-8-23-17)9-13(24-16)11-27(21,22)18-19-14-5-1-2-6-15(14)26-18;20-16-10-12(23-17-7-3-4-8-21-17)9-13(22-16)11-24-18-19-14-5-1-2-6-15(14)25-18;;;/h1-2,5-6,12-13,17H,3-4,7-11H2;1-2,5-6,12-13,17H,3-4,7-11H2;1H;;/q;;;+1;-1/t2*12-,13+,17?;;;/m11.../s1. The molecule has 4 aliphatic rings. The van der Waals surface area contributed by atoms with Gasteiger partial charge in [0.25, 0.3) is 0 Å². The fraction of sp³-hybridized carbons (Fsp3) is 0.556. The number of sulfone groups is 1. The number of aromatic nitrogens is 2. The molecule has 12 nitrogen and oxygen atoms in total. The van der Waals surface area contributed by atoms with Crippen molar-refractivity contribution in [3.05, 3.63) is 48.5 Å². The van der Waals surface area contributed by atoms with Crippen LogP contribution in [0, 0.1) is 0 Å². The number of nitrogens with zero attached hydrogens (tertiary/aromatic N) is 2. The molecule has 0 spiro atoms. The van der Waals surface area contributed by atoms with Gasteiger partial charge in [0.2, 0.25) is 14.2 Å². The number of ether oxygens (including phenoxy) is 6. The number of benzene rings is 2. The molecule has 2 aromatic heterocycles. The van der Waals surface area contributed by atoms with Crippen molar-refractivity contribution in [2.75, 3.05) is 24.7 Å². The number of thioether (sulfide) groups is 1. The van der Waals surface area contributed by atoms with Gasteiger partial charge in [0.1, 0.15) is 12.2 Å². The molecular formula is C36H44IKN2O10S4. The third-order valence-electron chi connectivity index (χ3n) is 9.01. The molecule has 0 saturated carbocycles. The summed E-state index contributed by atoms with van der Waals surface area (Å²) >= 11 is 4.45. The van der Waals surface area contributed by atoms with E-state index in [0.717, 1.165) is 77.4 Å². The van der Waals surface area contributed by atoms with Gasteiger partial charge in [-0.15, -0.1) is 46.7 Å². The predicted octanol–water partition coefficient (Wildman–Crippen LogP) is 4.43. The maximum atomic E-state index is 12.8. The number of carbonyl (C=O) groups is 2. The minimum Gasteiger partial charge on any atom is -1.00 e. The number of thiazole rings is 2. The zero-order chi connectivity index (χ0) is 35.9. The molecule has 0 aliphatic carbocycles. The molecule has 8 rings (SSSR count). The second-order valence-electron chi connectivity index (χ2n) is 13.2. The van der Waals surface area contributed by atoms with Gasteiger partial charge in [0.15, 0.2) is 16.9 Å². The summed E-state index contributed by atoms with van der Waals surface area (Å²) in [6, 6.07) is 15.4. The second-order valence-corrected chi connectivity index (χ2v) is 18.7. The Hall–Kier alpha value is -0.334. The average molecular weight is 959 g/mol. The number of cyclic esters (lactones) is 2. The molecule has 0 amide bonds. The summed E-state index contributed by atoms with van der Waals surface area (Å²) in [5.41, 5.74) is 1.67. The Balaban J connectivity index is 0.000000233. The van der Waals surface area contributed by atoms with Gasteiger partial charge in [-0.05, 0) is 62.8 Å². The molecule has 4 aromatic rings. The monoisotopic (exact) mass is 958 g/mol. The Bertz CT molecular complexity index is 1880. The number of carbonyl (C=O) groups excluding carboxylic acids is 2. The molecule has 2 unspecified atom stereocenters. The SMILES string of the molecule is I.O=C1C[C@H](OC2CCCCO2)C[C@@H](CS(=O)(=O)c2nc3ccccc3s2)O1.O=C1C[C@H](OC2CCCCO2)C[C@@H](CSc2nc3ccccc3s2)O1.[H-].[K+]. The largest absolute Gasteiger partial charge is 1.00 e. The van der Waals surface area contributed by atoms with Gasteiger partial charge >= 0.3 is 63.3 Å². The number of para-hydroxylation sites is 2. The Morgan fingerprint density at radius 2 is 1.30 bits per heavy atom. The molecule has 54 heavy (non-hydrogen) atoms. The summed E-state index contributed by atoms with van der Waals surface area (Å²) in [5, 5.41) is 0. The normalized spacial score (nSPS) is 26.1. The van der Waals surface area contributed by atoms with E-state index in [0.29, 0.717) is 30.7 Å². The fourth-order valence-corrected chi connectivity index (χ4v) is 11.4. The maximum absolute atomic E-state index is 12.8. The second kappa shape index (κ2) is 21.6. The maximum Gasteiger partial charge on any atom is 1.00 e. The topological polar surface area (TPSA) is 149 Å². The van der Waals surface area contributed by atoms with E-state index in [2.05, 4.69) is 16.0 Å². The van der Waals surface area contributed by atoms with Crippen molar-refractivity contribution in [2.24, 2.45) is 0 Å². The first-order valence-electron chi connectivity index (χ1n) is 17.8. The van der Waals surface area contributed by atoms with Gasteiger partial charge in [0, 0.05) is 31.8 Å². The first-order chi connectivity index (χ1) is 25.3. The molecule has 4 fully saturated rings. The van der Waals surface area contributed by atoms with Crippen molar-refractivity contribution in [2.45, 2.75) is 110 Å². The van der Waals surface area contributed by atoms with Crippen LogP contribution in [0.4, 0.5) is 0 Å². The van der Waals surface area contributed by atoms with Crippen LogP contribution in [0.1, 0.15) is 65.6 Å². The predicted molar refractivity (Wildman–Crippen MR) is 214 cm³/mol. The average Bonchev–Trinajstić information content (AvgIpc) is 3.77. The Morgan fingerprint density at radius 3 is 1.85 bits per heavy atom. The van der Waals surface area contributed by atoms with Gasteiger partial charge < -0.3 is 29.8 Å². The van der Waals surface area contributed by atoms with Gasteiger partial charge in [0.05, 0.1) is 51.2 Å². The molecule has 4 saturated heterocycles. The van der Waals surface area contributed by atoms with Crippen LogP contribution >= 0.6 is 58.4 Å². The summed E-state index contributed by atoms with van der Waals surface area (Å²) in [7, 11) is -3.66. The third kappa shape index (κ3) is 12.8. The van der Waals surface area contributed by atoms with Crippen molar-refractivity contribution in [3.8, 4) is 0 Å². The van der Waals surface area contributed by atoms with Crippen LogP contribution in [-0.2, 0) is 47.8 Å². The molecule has 6 heterocycles. The number of halogens is 1. The molecule has 18 heteroatoms. The van der Waals surface area contributed by atoms with Crippen LogP contribution in [0.15, 0.2) is 57.2 Å². The van der Waals surface area contributed by atoms with Crippen molar-refractivity contribution in [1.29, 1.82) is 0 Å². The van der Waals surface area contributed by atoms with E-state index in [-0.39, 0.29) is 130 Å². The quantitative estimate of drug-likeness (QED) is 0.0957. The number of hydrogen-bond acceptors (Lipinski definition) is 15. The summed E-state index contributed by atoms with van der Waals surface area (Å²) in [4.78, 5) is 32.7. The first-order valence-corrected chi connectivity index (χ1v) is 22.0. The zero-order valence-corrected chi connectivity index (χ0v) is 38.7. The smallest absolute Gasteiger partial charge is 1.00 e. The summed E-state index contributed by atoms with van der Waals surface area (Å²) in [6.45, 7) is 1.40. The van der Waals surface area contributed by atoms with E-state index in [9.17, 15) is 18.0 Å². The molecule has 0 N–H and O–H groups in total. The van der Waals surface area contributed by atoms with Crippen LogP contribution in [0.3, 0.4) is 0 Å². The Labute approximate surface area is 388 Å². The van der Waals surface area contributed by atoms with Crippen LogP contribution in [0.5, 0.6) is 0 Å². The Kier molecular flexibility index (Phi) is 17.9. The Morgan fingerprint density at radius 1 is 0.759 bits per heavy atom. The van der Waals surface area contributed by atoms with Gasteiger partial charge in [-0.1, -0.05) is 36.0 Å².